The molecule has 33 heavy (non-hydrogen) atoms. The van der Waals surface area contributed by atoms with Gasteiger partial charge in [0, 0.05) is 28.9 Å². The van der Waals surface area contributed by atoms with Crippen molar-refractivity contribution in [1.29, 1.82) is 0 Å². The minimum atomic E-state index is -0.448. The van der Waals surface area contributed by atoms with Gasteiger partial charge in [-0.05, 0) is 41.8 Å². The van der Waals surface area contributed by atoms with Crippen LogP contribution in [0.3, 0.4) is 0 Å². The monoisotopic (exact) mass is 462 g/mol. The van der Waals surface area contributed by atoms with Crippen molar-refractivity contribution in [3.63, 3.8) is 0 Å². The Morgan fingerprint density at radius 2 is 1.45 bits per heavy atom. The van der Waals surface area contributed by atoms with Crippen LogP contribution in [0.5, 0.6) is 11.5 Å². The van der Waals surface area contributed by atoms with Crippen LogP contribution in [0.15, 0.2) is 72.4 Å². The lowest BCUT2D eigenvalue weighted by molar-refractivity contribution is -0.120. The Morgan fingerprint density at radius 3 is 2.00 bits per heavy atom. The zero-order valence-electron chi connectivity index (χ0n) is 18.5. The van der Waals surface area contributed by atoms with E-state index in [1.54, 1.807) is 68.8 Å². The minimum absolute atomic E-state index is 0.164. The van der Waals surface area contributed by atoms with Crippen molar-refractivity contribution >= 4 is 40.4 Å². The highest BCUT2D eigenvalue weighted by atomic mass is 35.5. The molecule has 0 aromatic heterocycles. The highest BCUT2D eigenvalue weighted by molar-refractivity contribution is 6.46. The van der Waals surface area contributed by atoms with E-state index in [2.05, 4.69) is 5.32 Å². The van der Waals surface area contributed by atoms with E-state index in [4.69, 9.17) is 21.1 Å². The first-order valence-corrected chi connectivity index (χ1v) is 10.8. The molecule has 1 aliphatic rings. The number of hydrogen-bond donors (Lipinski definition) is 1. The molecule has 0 atom stereocenters. The number of nitrogens with one attached hydrogen (secondary N) is 1. The van der Waals surface area contributed by atoms with Crippen LogP contribution in [0.4, 0.5) is 11.4 Å². The van der Waals surface area contributed by atoms with Gasteiger partial charge in [0.1, 0.15) is 17.2 Å². The summed E-state index contributed by atoms with van der Waals surface area (Å²) < 4.78 is 10.7. The maximum absolute atomic E-state index is 13.5. The van der Waals surface area contributed by atoms with Crippen LogP contribution in [-0.2, 0) is 16.0 Å². The van der Waals surface area contributed by atoms with E-state index in [0.29, 0.717) is 33.5 Å². The fourth-order valence-electron chi connectivity index (χ4n) is 3.67. The Kier molecular flexibility index (Phi) is 6.38. The maximum Gasteiger partial charge on any atom is 0.282 e. The third kappa shape index (κ3) is 4.43. The SMILES string of the molecule is CCc1ccc(N2C(=O)C(Nc3cc(OC)cc(OC)c3)=C(c3ccc(Cl)cc3)C2=O)cc1. The van der Waals surface area contributed by atoms with Crippen molar-refractivity contribution in [2.75, 3.05) is 24.4 Å². The number of methoxy groups -OCH3 is 2. The van der Waals surface area contributed by atoms with E-state index < -0.39 is 11.8 Å². The lowest BCUT2D eigenvalue weighted by Crippen LogP contribution is -2.32. The van der Waals surface area contributed by atoms with Crippen LogP contribution in [0.25, 0.3) is 5.57 Å². The Hall–Kier alpha value is -3.77. The zero-order valence-corrected chi connectivity index (χ0v) is 19.3. The molecule has 168 valence electrons. The van der Waals surface area contributed by atoms with Crippen molar-refractivity contribution in [2.45, 2.75) is 13.3 Å². The number of ether oxygens (including phenoxy) is 2. The number of imide groups is 1. The molecule has 6 nitrogen and oxygen atoms in total. The second-order valence-corrected chi connectivity index (χ2v) is 7.89. The minimum Gasteiger partial charge on any atom is -0.497 e. The first kappa shape index (κ1) is 22.4. The number of halogens is 1. The molecule has 3 aromatic carbocycles. The van der Waals surface area contributed by atoms with Crippen LogP contribution >= 0.6 is 11.6 Å². The zero-order chi connectivity index (χ0) is 23.5. The largest absolute Gasteiger partial charge is 0.497 e. The average Bonchev–Trinajstić information content (AvgIpc) is 3.08. The van der Waals surface area contributed by atoms with Gasteiger partial charge in [0.25, 0.3) is 11.8 Å². The van der Waals surface area contributed by atoms with Gasteiger partial charge in [-0.25, -0.2) is 4.90 Å². The van der Waals surface area contributed by atoms with Crippen LogP contribution in [0, 0.1) is 0 Å². The molecule has 0 fully saturated rings. The second kappa shape index (κ2) is 9.38. The van der Waals surface area contributed by atoms with E-state index in [1.807, 2.05) is 19.1 Å². The highest BCUT2D eigenvalue weighted by Gasteiger charge is 2.40. The number of carbonyl (C=O) groups excluding carboxylic acids is 2. The summed E-state index contributed by atoms with van der Waals surface area (Å²) in [6.45, 7) is 2.05. The summed E-state index contributed by atoms with van der Waals surface area (Å²) in [6.07, 6.45) is 0.862. The third-order valence-electron chi connectivity index (χ3n) is 5.44. The van der Waals surface area contributed by atoms with Gasteiger partial charge in [0.2, 0.25) is 0 Å². The second-order valence-electron chi connectivity index (χ2n) is 7.45. The van der Waals surface area contributed by atoms with Gasteiger partial charge in [-0.3, -0.25) is 9.59 Å². The number of amides is 2. The molecule has 0 aliphatic carbocycles. The molecule has 0 bridgehead atoms. The van der Waals surface area contributed by atoms with Gasteiger partial charge in [0.05, 0.1) is 25.5 Å². The summed E-state index contributed by atoms with van der Waals surface area (Å²) in [7, 11) is 3.09. The maximum atomic E-state index is 13.5. The molecule has 1 heterocycles. The predicted octanol–water partition coefficient (Wildman–Crippen LogP) is 5.32. The van der Waals surface area contributed by atoms with Gasteiger partial charge in [-0.1, -0.05) is 42.8 Å². The van der Waals surface area contributed by atoms with Crippen LogP contribution in [-0.4, -0.2) is 26.0 Å². The smallest absolute Gasteiger partial charge is 0.282 e. The van der Waals surface area contributed by atoms with E-state index in [0.717, 1.165) is 12.0 Å². The summed E-state index contributed by atoms with van der Waals surface area (Å²) >= 11 is 6.05. The van der Waals surface area contributed by atoms with E-state index in [1.165, 1.54) is 4.90 Å². The van der Waals surface area contributed by atoms with Crippen molar-refractivity contribution < 1.29 is 19.1 Å². The Morgan fingerprint density at radius 1 is 0.848 bits per heavy atom. The number of rotatable bonds is 7. The van der Waals surface area contributed by atoms with Crippen molar-refractivity contribution in [3.8, 4) is 11.5 Å². The lowest BCUT2D eigenvalue weighted by Gasteiger charge is -2.16. The van der Waals surface area contributed by atoms with Gasteiger partial charge < -0.3 is 14.8 Å². The number of benzene rings is 3. The summed E-state index contributed by atoms with van der Waals surface area (Å²) in [4.78, 5) is 28.2. The van der Waals surface area contributed by atoms with Crippen molar-refractivity contribution in [1.82, 2.24) is 0 Å². The highest BCUT2D eigenvalue weighted by Crippen LogP contribution is 2.35. The van der Waals surface area contributed by atoms with Crippen molar-refractivity contribution in [2.24, 2.45) is 0 Å². The molecule has 0 radical (unpaired) electrons. The summed E-state index contributed by atoms with van der Waals surface area (Å²) in [5, 5.41) is 3.67. The van der Waals surface area contributed by atoms with Crippen LogP contribution in [0.1, 0.15) is 18.1 Å². The summed E-state index contributed by atoms with van der Waals surface area (Å²) in [5.41, 5.74) is 3.19. The quantitative estimate of drug-likeness (QED) is 0.481. The normalized spacial score (nSPS) is 13.5. The molecule has 0 saturated carbocycles. The third-order valence-corrected chi connectivity index (χ3v) is 5.69. The number of hydrogen-bond acceptors (Lipinski definition) is 5. The van der Waals surface area contributed by atoms with Crippen LogP contribution < -0.4 is 19.7 Å². The van der Waals surface area contributed by atoms with Gasteiger partial charge in [-0.15, -0.1) is 0 Å². The molecule has 1 aliphatic heterocycles. The van der Waals surface area contributed by atoms with Gasteiger partial charge >= 0.3 is 0 Å². The molecule has 3 aromatic rings. The first-order chi connectivity index (χ1) is 15.9. The Balaban J connectivity index is 1.81. The summed E-state index contributed by atoms with van der Waals surface area (Å²) in [6, 6.07) is 19.4. The van der Waals surface area contributed by atoms with Crippen LogP contribution in [0.2, 0.25) is 5.02 Å². The lowest BCUT2D eigenvalue weighted by atomic mass is 10.0. The van der Waals surface area contributed by atoms with E-state index in [-0.39, 0.29) is 11.3 Å². The number of carbonyl (C=O) groups is 2. The molecule has 0 unspecified atom stereocenters. The number of nitrogens with zero attached hydrogens (tertiary/aromatic N) is 1. The van der Waals surface area contributed by atoms with Crippen molar-refractivity contribution in [3.05, 3.63) is 88.6 Å². The van der Waals surface area contributed by atoms with E-state index in [9.17, 15) is 9.59 Å². The summed E-state index contributed by atoms with van der Waals surface area (Å²) in [5.74, 6) is 0.239. The molecule has 4 rings (SSSR count). The molecule has 0 spiro atoms. The Bertz CT molecular complexity index is 1210. The number of anilines is 2. The number of aryl methyl sites for hydroxylation is 1. The molecule has 7 heteroatoms. The molecule has 0 saturated heterocycles. The molecule has 1 N–H and O–H groups in total. The van der Waals surface area contributed by atoms with Gasteiger partial charge in [-0.2, -0.15) is 0 Å². The predicted molar refractivity (Wildman–Crippen MR) is 130 cm³/mol. The fourth-order valence-corrected chi connectivity index (χ4v) is 3.80. The molecule has 2 amide bonds. The van der Waals surface area contributed by atoms with E-state index >= 15 is 0 Å². The fraction of sp³-hybridized carbons (Fsp3) is 0.154. The topological polar surface area (TPSA) is 67.9 Å². The first-order valence-electron chi connectivity index (χ1n) is 10.4. The molecular formula is C26H23ClN2O4. The standard InChI is InChI=1S/C26H23ClN2O4/c1-4-16-5-11-20(12-6-16)29-25(30)23(17-7-9-18(27)10-8-17)24(26(29)31)28-19-13-21(32-2)15-22(14-19)33-3/h5-15,28H,4H2,1-3H3. The average molecular weight is 463 g/mol. The molecular weight excluding hydrogens is 440 g/mol. The van der Waals surface area contributed by atoms with Gasteiger partial charge in [0.15, 0.2) is 0 Å². The Labute approximate surface area is 197 Å².